The number of phenolic OH excluding ortho intramolecular Hbond substituents is 1. The Kier molecular flexibility index (Phi) is 6.36. The van der Waals surface area contributed by atoms with E-state index in [4.69, 9.17) is 39.5 Å². The van der Waals surface area contributed by atoms with Crippen molar-refractivity contribution in [1.82, 2.24) is 0 Å². The molecule has 0 aliphatic rings. The van der Waals surface area contributed by atoms with Crippen LogP contribution < -0.4 is 10.1 Å². The molecule has 0 unspecified atom stereocenters. The number of halogens is 6. The molecular weight excluding hydrogens is 466 g/mol. The second kappa shape index (κ2) is 8.63. The zero-order chi connectivity index (χ0) is 22.1. The lowest BCUT2D eigenvalue weighted by Crippen LogP contribution is -2.14. The molecule has 0 bridgehead atoms. The number of anilines is 1. The lowest BCUT2D eigenvalue weighted by molar-refractivity contribution is -0.137. The molecule has 3 aromatic carbocycles. The predicted octanol–water partition coefficient (Wildman–Crippen LogP) is 7.42. The minimum atomic E-state index is -4.66. The Balaban J connectivity index is 2.01. The molecule has 3 rings (SSSR count). The molecule has 2 N–H and O–H groups in total. The molecule has 0 aromatic heterocycles. The van der Waals surface area contributed by atoms with Crippen molar-refractivity contribution < 1.29 is 27.8 Å². The third-order valence-corrected chi connectivity index (χ3v) is 4.64. The molecule has 156 valence electrons. The molecule has 0 aliphatic carbocycles. The third kappa shape index (κ3) is 5.11. The SMILES string of the molecule is O=C(Nc1cc(C(F)(F)F)ccc1Oc1ccc(Cl)cc1Cl)c1cc(Cl)ccc1O. The van der Waals surface area contributed by atoms with Gasteiger partial charge in [0.1, 0.15) is 11.5 Å². The Labute approximate surface area is 183 Å². The first kappa shape index (κ1) is 22.1. The average molecular weight is 477 g/mol. The van der Waals surface area contributed by atoms with Crippen molar-refractivity contribution in [3.8, 4) is 17.2 Å². The van der Waals surface area contributed by atoms with E-state index in [1.807, 2.05) is 0 Å². The number of rotatable bonds is 4. The van der Waals surface area contributed by atoms with E-state index in [2.05, 4.69) is 5.32 Å². The van der Waals surface area contributed by atoms with Gasteiger partial charge in [-0.1, -0.05) is 34.8 Å². The first-order valence-electron chi connectivity index (χ1n) is 8.18. The van der Waals surface area contributed by atoms with E-state index < -0.39 is 23.4 Å². The maximum Gasteiger partial charge on any atom is 0.416 e. The van der Waals surface area contributed by atoms with Gasteiger partial charge < -0.3 is 15.2 Å². The van der Waals surface area contributed by atoms with Gasteiger partial charge in [-0.2, -0.15) is 13.2 Å². The molecule has 0 atom stereocenters. The number of ether oxygens (including phenoxy) is 1. The Bertz CT molecular complexity index is 1120. The van der Waals surface area contributed by atoms with Gasteiger partial charge >= 0.3 is 6.18 Å². The van der Waals surface area contributed by atoms with E-state index in [9.17, 15) is 23.1 Å². The maximum atomic E-state index is 13.2. The molecule has 0 heterocycles. The Hall–Kier alpha value is -2.61. The average Bonchev–Trinajstić information content (AvgIpc) is 2.66. The predicted molar refractivity (Wildman–Crippen MR) is 109 cm³/mol. The summed E-state index contributed by atoms with van der Waals surface area (Å²) in [7, 11) is 0. The number of carbonyl (C=O) groups excluding carboxylic acids is 1. The molecular formula is C20H11Cl3F3NO3. The molecule has 0 radical (unpaired) electrons. The number of aromatic hydroxyl groups is 1. The van der Waals surface area contributed by atoms with Gasteiger partial charge in [0, 0.05) is 10.0 Å². The number of nitrogens with one attached hydrogen (secondary N) is 1. The van der Waals surface area contributed by atoms with Crippen LogP contribution >= 0.6 is 34.8 Å². The molecule has 4 nitrogen and oxygen atoms in total. The first-order chi connectivity index (χ1) is 14.0. The normalized spacial score (nSPS) is 11.3. The van der Waals surface area contributed by atoms with Crippen molar-refractivity contribution in [2.75, 3.05) is 5.32 Å². The number of amides is 1. The van der Waals surface area contributed by atoms with Gasteiger partial charge in [-0.3, -0.25) is 4.79 Å². The minimum Gasteiger partial charge on any atom is -0.507 e. The molecule has 0 aliphatic heterocycles. The largest absolute Gasteiger partial charge is 0.507 e. The molecule has 0 saturated carbocycles. The highest BCUT2D eigenvalue weighted by Gasteiger charge is 2.31. The van der Waals surface area contributed by atoms with Crippen LogP contribution in [0.15, 0.2) is 54.6 Å². The summed E-state index contributed by atoms with van der Waals surface area (Å²) < 4.78 is 45.1. The van der Waals surface area contributed by atoms with Crippen molar-refractivity contribution in [3.63, 3.8) is 0 Å². The minimum absolute atomic E-state index is 0.109. The van der Waals surface area contributed by atoms with Crippen LogP contribution in [-0.4, -0.2) is 11.0 Å². The first-order valence-corrected chi connectivity index (χ1v) is 9.32. The highest BCUT2D eigenvalue weighted by molar-refractivity contribution is 6.35. The van der Waals surface area contributed by atoms with Gasteiger partial charge in [-0.15, -0.1) is 0 Å². The number of alkyl halides is 3. The Morgan fingerprint density at radius 1 is 0.900 bits per heavy atom. The van der Waals surface area contributed by atoms with Gasteiger partial charge in [-0.05, 0) is 54.6 Å². The summed E-state index contributed by atoms with van der Waals surface area (Å²) in [6.45, 7) is 0. The monoisotopic (exact) mass is 475 g/mol. The molecule has 3 aromatic rings. The maximum absolute atomic E-state index is 13.2. The van der Waals surface area contributed by atoms with Gasteiger partial charge in [-0.25, -0.2) is 0 Å². The molecule has 1 amide bonds. The van der Waals surface area contributed by atoms with Crippen LogP contribution in [0.5, 0.6) is 17.2 Å². The van der Waals surface area contributed by atoms with Gasteiger partial charge in [0.05, 0.1) is 21.8 Å². The lowest BCUT2D eigenvalue weighted by atomic mass is 10.1. The molecule has 0 spiro atoms. The fraction of sp³-hybridized carbons (Fsp3) is 0.0500. The summed E-state index contributed by atoms with van der Waals surface area (Å²) in [5.41, 5.74) is -1.53. The summed E-state index contributed by atoms with van der Waals surface area (Å²) in [4.78, 5) is 12.6. The van der Waals surface area contributed by atoms with Crippen LogP contribution in [0.2, 0.25) is 15.1 Å². The van der Waals surface area contributed by atoms with E-state index in [0.29, 0.717) is 11.1 Å². The Morgan fingerprint density at radius 2 is 1.53 bits per heavy atom. The van der Waals surface area contributed by atoms with Crippen LogP contribution in [0, 0.1) is 0 Å². The number of phenols is 1. The fourth-order valence-electron chi connectivity index (χ4n) is 2.45. The van der Waals surface area contributed by atoms with Crippen molar-refractivity contribution >= 4 is 46.4 Å². The second-order valence-electron chi connectivity index (χ2n) is 6.00. The lowest BCUT2D eigenvalue weighted by Gasteiger charge is -2.16. The smallest absolute Gasteiger partial charge is 0.416 e. The number of hydrogen-bond donors (Lipinski definition) is 2. The number of hydrogen-bond acceptors (Lipinski definition) is 3. The topological polar surface area (TPSA) is 58.6 Å². The number of benzene rings is 3. The van der Waals surface area contributed by atoms with E-state index in [0.717, 1.165) is 12.1 Å². The van der Waals surface area contributed by atoms with Crippen molar-refractivity contribution in [2.45, 2.75) is 6.18 Å². The summed E-state index contributed by atoms with van der Waals surface area (Å²) in [6, 6.07) is 10.6. The van der Waals surface area contributed by atoms with Crippen LogP contribution in [0.4, 0.5) is 18.9 Å². The van der Waals surface area contributed by atoms with Crippen molar-refractivity contribution in [2.24, 2.45) is 0 Å². The summed E-state index contributed by atoms with van der Waals surface area (Å²) in [5, 5.41) is 12.8. The van der Waals surface area contributed by atoms with E-state index in [1.165, 1.54) is 36.4 Å². The van der Waals surface area contributed by atoms with Crippen LogP contribution in [0.1, 0.15) is 15.9 Å². The third-order valence-electron chi connectivity index (χ3n) is 3.87. The zero-order valence-electron chi connectivity index (χ0n) is 14.7. The molecule has 0 fully saturated rings. The summed E-state index contributed by atoms with van der Waals surface area (Å²) in [5.74, 6) is -1.28. The van der Waals surface area contributed by atoms with Gasteiger partial charge in [0.2, 0.25) is 0 Å². The quantitative estimate of drug-likeness (QED) is 0.412. The molecule has 30 heavy (non-hydrogen) atoms. The zero-order valence-corrected chi connectivity index (χ0v) is 17.0. The van der Waals surface area contributed by atoms with E-state index >= 15 is 0 Å². The van der Waals surface area contributed by atoms with Crippen molar-refractivity contribution in [3.05, 3.63) is 80.8 Å². The Morgan fingerprint density at radius 3 is 2.20 bits per heavy atom. The van der Waals surface area contributed by atoms with Gasteiger partial charge in [0.25, 0.3) is 5.91 Å². The highest BCUT2D eigenvalue weighted by atomic mass is 35.5. The second-order valence-corrected chi connectivity index (χ2v) is 7.28. The van der Waals surface area contributed by atoms with Crippen LogP contribution in [0.25, 0.3) is 0 Å². The van der Waals surface area contributed by atoms with Crippen LogP contribution in [0.3, 0.4) is 0 Å². The van der Waals surface area contributed by atoms with E-state index in [1.54, 1.807) is 0 Å². The summed E-state index contributed by atoms with van der Waals surface area (Å²) in [6.07, 6.45) is -4.66. The summed E-state index contributed by atoms with van der Waals surface area (Å²) >= 11 is 17.7. The van der Waals surface area contributed by atoms with Crippen LogP contribution in [-0.2, 0) is 6.18 Å². The molecule has 10 heteroatoms. The fourth-order valence-corrected chi connectivity index (χ4v) is 3.07. The van der Waals surface area contributed by atoms with Crippen molar-refractivity contribution in [1.29, 1.82) is 0 Å². The number of carbonyl (C=O) groups is 1. The standard InChI is InChI=1S/C20H11Cl3F3NO3/c21-11-2-4-16(28)13(8-11)19(29)27-15-7-10(20(24,25)26)1-5-18(15)30-17-6-3-12(22)9-14(17)23/h1-9,28H,(H,27,29). The van der Waals surface area contributed by atoms with E-state index in [-0.39, 0.29) is 32.8 Å². The molecule has 0 saturated heterocycles. The highest BCUT2D eigenvalue weighted by Crippen LogP contribution is 2.39. The van der Waals surface area contributed by atoms with Gasteiger partial charge in [0.15, 0.2) is 5.75 Å².